The molecule has 0 aliphatic carbocycles. The maximum Gasteiger partial charge on any atom is 0.308 e. The molecule has 190 valence electrons. The van der Waals surface area contributed by atoms with Crippen LogP contribution in [-0.2, 0) is 28.6 Å². The molecule has 1 aromatic rings. The van der Waals surface area contributed by atoms with E-state index < -0.39 is 35.3 Å². The molecule has 1 atom stereocenters. The van der Waals surface area contributed by atoms with Crippen molar-refractivity contribution in [2.45, 2.75) is 51.7 Å². The van der Waals surface area contributed by atoms with E-state index in [0.717, 1.165) is 4.90 Å². The lowest BCUT2D eigenvalue weighted by Crippen LogP contribution is -2.54. The normalized spacial score (nSPS) is 17.9. The maximum atomic E-state index is 13.0. The lowest BCUT2D eigenvalue weighted by molar-refractivity contribution is -0.156. The molecule has 0 saturated carbocycles. The molecule has 0 aromatic heterocycles. The Morgan fingerprint density at radius 3 is 2.37 bits per heavy atom. The van der Waals surface area contributed by atoms with Crippen LogP contribution in [-0.4, -0.2) is 79.2 Å². The number of rotatable bonds is 11. The van der Waals surface area contributed by atoms with Crippen LogP contribution in [0, 0.1) is 0 Å². The first-order chi connectivity index (χ1) is 16.6. The van der Waals surface area contributed by atoms with Gasteiger partial charge in [-0.15, -0.1) is 0 Å². The molecule has 35 heavy (non-hydrogen) atoms. The van der Waals surface area contributed by atoms with Crippen LogP contribution in [0.25, 0.3) is 0 Å². The second-order valence-electron chi connectivity index (χ2n) is 9.04. The standard InChI is InChI=1S/C24H30N2O9/c1-24(2,3)35-19(28)9-10-32-11-12-33-13-14-34-17-6-4-5-15-20(17)23(31)26(22(15)30)16-7-8-18(27)25-21(16)29/h4-6,16H,7-14H2,1-3H3,(H,25,27,29). The van der Waals surface area contributed by atoms with E-state index in [2.05, 4.69) is 5.32 Å². The summed E-state index contributed by atoms with van der Waals surface area (Å²) < 4.78 is 21.6. The van der Waals surface area contributed by atoms with Gasteiger partial charge in [0.25, 0.3) is 11.8 Å². The molecule has 1 fully saturated rings. The van der Waals surface area contributed by atoms with Gasteiger partial charge < -0.3 is 18.9 Å². The van der Waals surface area contributed by atoms with Gasteiger partial charge in [-0.25, -0.2) is 0 Å². The van der Waals surface area contributed by atoms with Crippen molar-refractivity contribution in [1.82, 2.24) is 10.2 Å². The maximum absolute atomic E-state index is 13.0. The number of piperidine rings is 1. The highest BCUT2D eigenvalue weighted by Gasteiger charge is 2.45. The van der Waals surface area contributed by atoms with Crippen LogP contribution in [0.5, 0.6) is 5.75 Å². The van der Waals surface area contributed by atoms with E-state index in [1.54, 1.807) is 32.9 Å². The zero-order valence-electron chi connectivity index (χ0n) is 20.1. The van der Waals surface area contributed by atoms with Gasteiger partial charge in [0.1, 0.15) is 24.0 Å². The molecule has 0 spiro atoms. The summed E-state index contributed by atoms with van der Waals surface area (Å²) in [6, 6.07) is 3.62. The number of esters is 1. The largest absolute Gasteiger partial charge is 0.490 e. The molecule has 11 heteroatoms. The van der Waals surface area contributed by atoms with Gasteiger partial charge in [0.15, 0.2) is 0 Å². The third-order valence-electron chi connectivity index (χ3n) is 5.16. The number of hydrogen-bond donors (Lipinski definition) is 1. The molecule has 1 N–H and O–H groups in total. The number of amides is 4. The van der Waals surface area contributed by atoms with Crippen molar-refractivity contribution in [2.24, 2.45) is 0 Å². The molecular weight excluding hydrogens is 460 g/mol. The second-order valence-corrected chi connectivity index (χ2v) is 9.04. The second kappa shape index (κ2) is 11.4. The minimum Gasteiger partial charge on any atom is -0.490 e. The van der Waals surface area contributed by atoms with Gasteiger partial charge in [-0.2, -0.15) is 0 Å². The van der Waals surface area contributed by atoms with Gasteiger partial charge in [0.2, 0.25) is 11.8 Å². The summed E-state index contributed by atoms with van der Waals surface area (Å²) in [6.07, 6.45) is 0.289. The first-order valence-electron chi connectivity index (χ1n) is 11.4. The number of hydrogen-bond acceptors (Lipinski definition) is 9. The Balaban J connectivity index is 1.42. The molecule has 1 saturated heterocycles. The quantitative estimate of drug-likeness (QED) is 0.276. The van der Waals surface area contributed by atoms with Gasteiger partial charge in [0.05, 0.1) is 44.0 Å². The van der Waals surface area contributed by atoms with Crippen LogP contribution in [0.15, 0.2) is 18.2 Å². The van der Waals surface area contributed by atoms with E-state index in [9.17, 15) is 24.0 Å². The summed E-state index contributed by atoms with van der Waals surface area (Å²) in [4.78, 5) is 61.9. The fourth-order valence-electron chi connectivity index (χ4n) is 3.68. The zero-order valence-corrected chi connectivity index (χ0v) is 20.1. The number of imide groups is 2. The molecule has 0 radical (unpaired) electrons. The summed E-state index contributed by atoms with van der Waals surface area (Å²) in [5.41, 5.74) is -0.288. The van der Waals surface area contributed by atoms with Gasteiger partial charge in [-0.05, 0) is 39.3 Å². The van der Waals surface area contributed by atoms with Crippen LogP contribution in [0.1, 0.15) is 60.7 Å². The summed E-state index contributed by atoms with van der Waals surface area (Å²) in [5.74, 6) is -2.43. The Kier molecular flexibility index (Phi) is 8.57. The zero-order chi connectivity index (χ0) is 25.6. The van der Waals surface area contributed by atoms with Gasteiger partial charge in [-0.3, -0.25) is 34.2 Å². The number of carbonyl (C=O) groups excluding carboxylic acids is 5. The van der Waals surface area contributed by atoms with Crippen molar-refractivity contribution < 1.29 is 42.9 Å². The van der Waals surface area contributed by atoms with Crippen molar-refractivity contribution >= 4 is 29.6 Å². The van der Waals surface area contributed by atoms with Gasteiger partial charge in [-0.1, -0.05) is 6.07 Å². The number of benzene rings is 1. The molecule has 11 nitrogen and oxygen atoms in total. The Labute approximate surface area is 203 Å². The topological polar surface area (TPSA) is 138 Å². The van der Waals surface area contributed by atoms with Crippen molar-refractivity contribution in [1.29, 1.82) is 0 Å². The molecule has 4 amide bonds. The summed E-state index contributed by atoms with van der Waals surface area (Å²) in [7, 11) is 0. The van der Waals surface area contributed by atoms with Crippen molar-refractivity contribution in [3.05, 3.63) is 29.3 Å². The average Bonchev–Trinajstić information content (AvgIpc) is 3.02. The van der Waals surface area contributed by atoms with Crippen molar-refractivity contribution in [3.8, 4) is 5.75 Å². The molecule has 2 aliphatic rings. The molecular formula is C24H30N2O9. The molecule has 1 aromatic carbocycles. The Morgan fingerprint density at radius 1 is 1.00 bits per heavy atom. The van der Waals surface area contributed by atoms with Gasteiger partial charge >= 0.3 is 5.97 Å². The van der Waals surface area contributed by atoms with Crippen LogP contribution < -0.4 is 10.1 Å². The van der Waals surface area contributed by atoms with Crippen LogP contribution in [0.2, 0.25) is 0 Å². The minimum atomic E-state index is -1.04. The first kappa shape index (κ1) is 26.3. The summed E-state index contributed by atoms with van der Waals surface area (Å²) >= 11 is 0. The highest BCUT2D eigenvalue weighted by atomic mass is 16.6. The highest BCUT2D eigenvalue weighted by Crippen LogP contribution is 2.33. The van der Waals surface area contributed by atoms with Crippen LogP contribution in [0.4, 0.5) is 0 Å². The molecule has 2 heterocycles. The van der Waals surface area contributed by atoms with Crippen molar-refractivity contribution in [2.75, 3.05) is 33.0 Å². The molecule has 1 unspecified atom stereocenters. The SMILES string of the molecule is CC(C)(C)OC(=O)CCOCCOCCOc1cccc2c1C(=O)N(C1CCC(=O)NC1=O)C2=O. The van der Waals surface area contributed by atoms with E-state index in [1.165, 1.54) is 6.07 Å². The van der Waals surface area contributed by atoms with E-state index in [0.29, 0.717) is 0 Å². The number of nitrogens with one attached hydrogen (secondary N) is 1. The first-order valence-corrected chi connectivity index (χ1v) is 11.4. The predicted molar refractivity (Wildman–Crippen MR) is 121 cm³/mol. The van der Waals surface area contributed by atoms with E-state index in [-0.39, 0.29) is 75.1 Å². The number of nitrogens with zero attached hydrogens (tertiary/aromatic N) is 1. The lowest BCUT2D eigenvalue weighted by atomic mass is 10.0. The third-order valence-corrected chi connectivity index (χ3v) is 5.16. The minimum absolute atomic E-state index is 0.0508. The Bertz CT molecular complexity index is 999. The number of fused-ring (bicyclic) bond motifs is 1. The molecule has 0 bridgehead atoms. The number of ether oxygens (including phenoxy) is 4. The smallest absolute Gasteiger partial charge is 0.308 e. The molecule has 3 rings (SSSR count). The average molecular weight is 491 g/mol. The summed E-state index contributed by atoms with van der Waals surface area (Å²) in [5, 5.41) is 2.16. The fraction of sp³-hybridized carbons (Fsp3) is 0.542. The van der Waals surface area contributed by atoms with Crippen LogP contribution in [0.3, 0.4) is 0 Å². The van der Waals surface area contributed by atoms with E-state index in [4.69, 9.17) is 18.9 Å². The predicted octanol–water partition coefficient (Wildman–Crippen LogP) is 1.23. The third kappa shape index (κ3) is 6.86. The van der Waals surface area contributed by atoms with E-state index >= 15 is 0 Å². The Hall–Kier alpha value is -3.31. The van der Waals surface area contributed by atoms with Gasteiger partial charge in [0, 0.05) is 6.42 Å². The number of carbonyl (C=O) groups is 5. The summed E-state index contributed by atoms with van der Waals surface area (Å²) in [6.45, 7) is 6.52. The van der Waals surface area contributed by atoms with Crippen LogP contribution >= 0.6 is 0 Å². The monoisotopic (exact) mass is 490 g/mol. The molecule has 2 aliphatic heterocycles. The highest BCUT2D eigenvalue weighted by molar-refractivity contribution is 6.24. The lowest BCUT2D eigenvalue weighted by Gasteiger charge is -2.27. The van der Waals surface area contributed by atoms with Crippen molar-refractivity contribution in [3.63, 3.8) is 0 Å². The fourth-order valence-corrected chi connectivity index (χ4v) is 3.68. The van der Waals surface area contributed by atoms with E-state index in [1.807, 2.05) is 0 Å². The Morgan fingerprint density at radius 2 is 1.69 bits per heavy atom.